The molecule has 0 aliphatic carbocycles. The third-order valence-electron chi connectivity index (χ3n) is 1.51. The average Bonchev–Trinajstić information content (AvgIpc) is 2.33. The Bertz CT molecular complexity index is 296. The van der Waals surface area contributed by atoms with Crippen molar-refractivity contribution in [1.29, 1.82) is 0 Å². The van der Waals surface area contributed by atoms with Crippen LogP contribution in [-0.2, 0) is 18.3 Å². The van der Waals surface area contributed by atoms with Crippen LogP contribution in [0.1, 0.15) is 5.56 Å². The van der Waals surface area contributed by atoms with Crippen molar-refractivity contribution in [1.82, 2.24) is 9.78 Å². The van der Waals surface area contributed by atoms with E-state index < -0.39 is 0 Å². The fraction of sp³-hybridized carbons (Fsp3) is 0.429. The Labute approximate surface area is 78.6 Å². The van der Waals surface area contributed by atoms with Crippen molar-refractivity contribution in [3.63, 3.8) is 0 Å². The lowest BCUT2D eigenvalue weighted by Crippen LogP contribution is -1.90. The van der Waals surface area contributed by atoms with Gasteiger partial charge in [0.15, 0.2) is 0 Å². The molecule has 0 bridgehead atoms. The Morgan fingerprint density at radius 2 is 2.42 bits per heavy atom. The van der Waals surface area contributed by atoms with Crippen LogP contribution in [0.25, 0.3) is 0 Å². The summed E-state index contributed by atoms with van der Waals surface area (Å²) in [5.41, 5.74) is 0.787. The van der Waals surface area contributed by atoms with Crippen molar-refractivity contribution < 1.29 is 9.53 Å². The van der Waals surface area contributed by atoms with Gasteiger partial charge in [0.05, 0.1) is 12.7 Å². The van der Waals surface area contributed by atoms with Gasteiger partial charge in [0.25, 0.3) is 0 Å². The van der Waals surface area contributed by atoms with Gasteiger partial charge in [-0.1, -0.05) is 0 Å². The minimum Gasteiger partial charge on any atom is -0.480 e. The average molecular weight is 233 g/mol. The molecule has 0 atom stereocenters. The molecular formula is C7H9BrN2O2. The van der Waals surface area contributed by atoms with E-state index >= 15 is 0 Å². The zero-order chi connectivity index (χ0) is 9.14. The summed E-state index contributed by atoms with van der Waals surface area (Å²) in [7, 11) is 3.31. The third kappa shape index (κ3) is 1.50. The minimum absolute atomic E-state index is 0.317. The van der Waals surface area contributed by atoms with E-state index in [9.17, 15) is 4.79 Å². The maximum absolute atomic E-state index is 10.3. The molecule has 0 saturated heterocycles. The zero-order valence-electron chi connectivity index (χ0n) is 6.87. The van der Waals surface area contributed by atoms with Crippen molar-refractivity contribution >= 4 is 22.2 Å². The molecule has 5 heteroatoms. The fourth-order valence-electron chi connectivity index (χ4n) is 0.943. The lowest BCUT2D eigenvalue weighted by molar-refractivity contribution is -0.107. The number of nitrogens with zero attached hydrogens (tertiary/aromatic N) is 2. The first-order valence-corrected chi connectivity index (χ1v) is 4.19. The first-order valence-electron chi connectivity index (χ1n) is 3.39. The van der Waals surface area contributed by atoms with Gasteiger partial charge in [0.2, 0.25) is 5.88 Å². The molecule has 0 N–H and O–H groups in total. The summed E-state index contributed by atoms with van der Waals surface area (Å²) in [6.07, 6.45) is 1.14. The van der Waals surface area contributed by atoms with Crippen LogP contribution in [0.3, 0.4) is 0 Å². The van der Waals surface area contributed by atoms with Crippen molar-refractivity contribution in [2.24, 2.45) is 7.05 Å². The summed E-state index contributed by atoms with van der Waals surface area (Å²) in [5, 5.41) is 4.04. The molecule has 1 aromatic rings. The molecule has 0 radical (unpaired) electrons. The summed E-state index contributed by atoms with van der Waals surface area (Å²) in [5.74, 6) is 0.497. The van der Waals surface area contributed by atoms with Crippen LogP contribution in [-0.4, -0.2) is 23.2 Å². The lowest BCUT2D eigenvalue weighted by Gasteiger charge is -1.94. The number of ether oxygens (including phenoxy) is 1. The van der Waals surface area contributed by atoms with Gasteiger partial charge in [0.1, 0.15) is 10.9 Å². The molecule has 0 unspecified atom stereocenters. The van der Waals surface area contributed by atoms with Gasteiger partial charge in [-0.15, -0.1) is 5.10 Å². The van der Waals surface area contributed by atoms with Crippen LogP contribution >= 0.6 is 15.9 Å². The fourth-order valence-corrected chi connectivity index (χ4v) is 1.35. The van der Waals surface area contributed by atoms with Crippen molar-refractivity contribution in [2.75, 3.05) is 7.11 Å². The molecule has 0 fully saturated rings. The molecule has 1 aromatic heterocycles. The number of methoxy groups -OCH3 is 1. The van der Waals surface area contributed by atoms with Gasteiger partial charge < -0.3 is 9.53 Å². The second-order valence-corrected chi connectivity index (χ2v) is 3.02. The minimum atomic E-state index is 0.317. The first-order chi connectivity index (χ1) is 5.70. The molecule has 66 valence electrons. The quantitative estimate of drug-likeness (QED) is 0.729. The van der Waals surface area contributed by atoms with Crippen LogP contribution in [0.2, 0.25) is 0 Å². The standard InChI is InChI=1S/C7H9BrN2O2/c1-10-6(8)5(3-4-11)7(9-10)12-2/h4H,3H2,1-2H3. The largest absolute Gasteiger partial charge is 0.480 e. The SMILES string of the molecule is COc1nn(C)c(Br)c1CC=O. The summed E-state index contributed by atoms with van der Waals surface area (Å²) < 4.78 is 7.39. The highest BCUT2D eigenvalue weighted by atomic mass is 79.9. The smallest absolute Gasteiger partial charge is 0.237 e. The second-order valence-electron chi connectivity index (χ2n) is 2.27. The van der Waals surface area contributed by atoms with Gasteiger partial charge in [-0.2, -0.15) is 0 Å². The molecule has 0 saturated carbocycles. The van der Waals surface area contributed by atoms with E-state index in [2.05, 4.69) is 21.0 Å². The van der Waals surface area contributed by atoms with Crippen molar-refractivity contribution in [3.05, 3.63) is 10.2 Å². The van der Waals surface area contributed by atoms with E-state index in [-0.39, 0.29) is 0 Å². The number of halogens is 1. The number of carbonyl (C=O) groups excluding carboxylic acids is 1. The summed E-state index contributed by atoms with van der Waals surface area (Å²) >= 11 is 3.30. The lowest BCUT2D eigenvalue weighted by atomic mass is 10.3. The predicted octanol–water partition coefficient (Wildman–Crippen LogP) is 0.933. The first kappa shape index (κ1) is 9.25. The van der Waals surface area contributed by atoms with Crippen LogP contribution in [0.5, 0.6) is 5.88 Å². The van der Waals surface area contributed by atoms with Crippen molar-refractivity contribution in [3.8, 4) is 5.88 Å². The Morgan fingerprint density at radius 3 is 2.92 bits per heavy atom. The monoisotopic (exact) mass is 232 g/mol. The third-order valence-corrected chi connectivity index (χ3v) is 2.50. The second kappa shape index (κ2) is 3.71. The number of aryl methyl sites for hydroxylation is 1. The van der Waals surface area contributed by atoms with E-state index in [1.165, 1.54) is 7.11 Å². The van der Waals surface area contributed by atoms with E-state index in [0.717, 1.165) is 16.5 Å². The van der Waals surface area contributed by atoms with Crippen LogP contribution in [0.15, 0.2) is 4.60 Å². The normalized spacial score (nSPS) is 9.92. The van der Waals surface area contributed by atoms with Gasteiger partial charge in [-0.25, -0.2) is 0 Å². The number of aldehydes is 1. The number of rotatable bonds is 3. The summed E-state index contributed by atoms with van der Waals surface area (Å²) in [6, 6.07) is 0. The van der Waals surface area contributed by atoms with E-state index in [0.29, 0.717) is 12.3 Å². The predicted molar refractivity (Wildman–Crippen MR) is 47.2 cm³/mol. The van der Waals surface area contributed by atoms with E-state index in [1.54, 1.807) is 11.7 Å². The molecule has 4 nitrogen and oxygen atoms in total. The van der Waals surface area contributed by atoms with Gasteiger partial charge in [0, 0.05) is 13.5 Å². The van der Waals surface area contributed by atoms with Crippen LogP contribution in [0, 0.1) is 0 Å². The number of hydrogen-bond acceptors (Lipinski definition) is 3. The highest BCUT2D eigenvalue weighted by Gasteiger charge is 2.13. The Balaban J connectivity index is 3.11. The molecular weight excluding hydrogens is 224 g/mol. The van der Waals surface area contributed by atoms with Crippen molar-refractivity contribution in [2.45, 2.75) is 6.42 Å². The van der Waals surface area contributed by atoms with Crippen LogP contribution in [0.4, 0.5) is 0 Å². The van der Waals surface area contributed by atoms with Gasteiger partial charge >= 0.3 is 0 Å². The highest BCUT2D eigenvalue weighted by molar-refractivity contribution is 9.10. The number of carbonyl (C=O) groups is 1. The Kier molecular flexibility index (Phi) is 2.86. The molecule has 0 amide bonds. The topological polar surface area (TPSA) is 44.1 Å². The number of aromatic nitrogens is 2. The molecule has 0 spiro atoms. The maximum atomic E-state index is 10.3. The molecule has 12 heavy (non-hydrogen) atoms. The molecule has 0 aliphatic rings. The maximum Gasteiger partial charge on any atom is 0.237 e. The summed E-state index contributed by atoms with van der Waals surface area (Å²) in [6.45, 7) is 0. The zero-order valence-corrected chi connectivity index (χ0v) is 8.46. The molecule has 0 aromatic carbocycles. The Morgan fingerprint density at radius 1 is 1.75 bits per heavy atom. The molecule has 1 rings (SSSR count). The highest BCUT2D eigenvalue weighted by Crippen LogP contribution is 2.25. The summed E-state index contributed by atoms with van der Waals surface area (Å²) in [4.78, 5) is 10.3. The Hall–Kier alpha value is -0.840. The van der Waals surface area contributed by atoms with Gasteiger partial charge in [-0.3, -0.25) is 4.68 Å². The number of hydrogen-bond donors (Lipinski definition) is 0. The molecule has 0 aliphatic heterocycles. The molecule has 1 heterocycles. The van der Waals surface area contributed by atoms with Gasteiger partial charge in [-0.05, 0) is 15.9 Å². The van der Waals surface area contributed by atoms with E-state index in [4.69, 9.17) is 4.74 Å². The van der Waals surface area contributed by atoms with Crippen LogP contribution < -0.4 is 4.74 Å². The van der Waals surface area contributed by atoms with E-state index in [1.807, 2.05) is 0 Å².